The Kier molecular flexibility index (Phi) is 5.82. The molecule has 2 aromatic rings. The molecular weight excluding hydrogens is 382 g/mol. The Morgan fingerprint density at radius 3 is 2.40 bits per heavy atom. The Morgan fingerprint density at radius 2 is 1.83 bits per heavy atom. The highest BCUT2D eigenvalue weighted by Gasteiger charge is 2.49. The van der Waals surface area contributed by atoms with Gasteiger partial charge in [0, 0.05) is 5.69 Å². The topological polar surface area (TPSA) is 87.7 Å². The molecule has 1 aliphatic heterocycles. The first-order valence-corrected chi connectivity index (χ1v) is 9.84. The Morgan fingerprint density at radius 1 is 1.17 bits per heavy atom. The fourth-order valence-corrected chi connectivity index (χ4v) is 3.52. The van der Waals surface area contributed by atoms with E-state index in [0.717, 1.165) is 16.0 Å². The number of hydrogen-bond acceptors (Lipinski definition) is 4. The standard InChI is InChI=1S/C23H27N3O4/c1-14(2)16-6-9-18(10-7-16)24-20(27)13-26-21(28)23(4,25-22(26)29)17-8-11-19(30-5)15(3)12-17/h6-12,14H,13H2,1-5H3,(H,24,27)(H,25,29). The van der Waals surface area contributed by atoms with Crippen LogP contribution in [0, 0.1) is 6.92 Å². The fraction of sp³-hybridized carbons (Fsp3) is 0.348. The zero-order chi connectivity index (χ0) is 22.1. The van der Waals surface area contributed by atoms with Crippen LogP contribution in [0.1, 0.15) is 43.4 Å². The van der Waals surface area contributed by atoms with Crippen molar-refractivity contribution in [3.8, 4) is 5.75 Å². The number of benzene rings is 2. The van der Waals surface area contributed by atoms with E-state index < -0.39 is 23.4 Å². The van der Waals surface area contributed by atoms with Gasteiger partial charge in [0.1, 0.15) is 17.8 Å². The summed E-state index contributed by atoms with van der Waals surface area (Å²) in [5.74, 6) is 0.173. The molecule has 0 aromatic heterocycles. The number of aryl methyl sites for hydroxylation is 1. The van der Waals surface area contributed by atoms with Gasteiger partial charge in [-0.15, -0.1) is 0 Å². The van der Waals surface area contributed by atoms with E-state index in [1.807, 2.05) is 31.2 Å². The molecule has 0 spiro atoms. The summed E-state index contributed by atoms with van der Waals surface area (Å²) in [4.78, 5) is 38.9. The number of imide groups is 1. The number of carbonyl (C=O) groups is 3. The summed E-state index contributed by atoms with van der Waals surface area (Å²) in [5, 5.41) is 5.45. The highest BCUT2D eigenvalue weighted by molar-refractivity contribution is 6.10. The van der Waals surface area contributed by atoms with E-state index in [0.29, 0.717) is 22.9 Å². The molecule has 2 N–H and O–H groups in total. The molecule has 0 radical (unpaired) electrons. The van der Waals surface area contributed by atoms with Crippen molar-refractivity contribution in [2.45, 2.75) is 39.2 Å². The molecule has 3 rings (SSSR count). The number of amides is 4. The van der Waals surface area contributed by atoms with E-state index in [9.17, 15) is 14.4 Å². The lowest BCUT2D eigenvalue weighted by Crippen LogP contribution is -2.42. The lowest BCUT2D eigenvalue weighted by Gasteiger charge is -2.23. The van der Waals surface area contributed by atoms with Crippen molar-refractivity contribution in [3.05, 3.63) is 59.2 Å². The SMILES string of the molecule is COc1ccc(C2(C)NC(=O)N(CC(=O)Nc3ccc(C(C)C)cc3)C2=O)cc1C. The predicted octanol–water partition coefficient (Wildman–Crippen LogP) is 3.53. The second-order valence-corrected chi connectivity index (χ2v) is 7.96. The van der Waals surface area contributed by atoms with Crippen molar-refractivity contribution in [1.29, 1.82) is 0 Å². The van der Waals surface area contributed by atoms with Gasteiger partial charge in [-0.1, -0.05) is 32.0 Å². The summed E-state index contributed by atoms with van der Waals surface area (Å²) in [5.41, 5.74) is 2.01. The van der Waals surface area contributed by atoms with Crippen LogP contribution < -0.4 is 15.4 Å². The molecule has 1 saturated heterocycles. The van der Waals surface area contributed by atoms with E-state index in [1.165, 1.54) is 0 Å². The summed E-state index contributed by atoms with van der Waals surface area (Å²) in [6.07, 6.45) is 0. The smallest absolute Gasteiger partial charge is 0.325 e. The Balaban J connectivity index is 1.72. The molecule has 1 fully saturated rings. The number of rotatable bonds is 6. The van der Waals surface area contributed by atoms with Gasteiger partial charge in [-0.2, -0.15) is 0 Å². The second-order valence-electron chi connectivity index (χ2n) is 7.96. The third-order valence-corrected chi connectivity index (χ3v) is 5.41. The van der Waals surface area contributed by atoms with E-state index in [1.54, 1.807) is 32.2 Å². The molecule has 0 aliphatic carbocycles. The second kappa shape index (κ2) is 8.18. The molecule has 2 aromatic carbocycles. The summed E-state index contributed by atoms with van der Waals surface area (Å²) in [7, 11) is 1.57. The zero-order valence-electron chi connectivity index (χ0n) is 17.9. The number of anilines is 1. The predicted molar refractivity (Wildman–Crippen MR) is 114 cm³/mol. The monoisotopic (exact) mass is 409 g/mol. The van der Waals surface area contributed by atoms with E-state index in [2.05, 4.69) is 24.5 Å². The van der Waals surface area contributed by atoms with Crippen LogP contribution in [0.2, 0.25) is 0 Å². The van der Waals surface area contributed by atoms with Crippen molar-refractivity contribution < 1.29 is 19.1 Å². The minimum absolute atomic E-state index is 0.360. The highest BCUT2D eigenvalue weighted by atomic mass is 16.5. The summed E-state index contributed by atoms with van der Waals surface area (Å²) >= 11 is 0. The van der Waals surface area contributed by atoms with Crippen LogP contribution >= 0.6 is 0 Å². The molecule has 158 valence electrons. The number of nitrogens with one attached hydrogen (secondary N) is 2. The largest absolute Gasteiger partial charge is 0.496 e. The van der Waals surface area contributed by atoms with Gasteiger partial charge in [-0.3, -0.25) is 14.5 Å². The van der Waals surface area contributed by atoms with Crippen molar-refractivity contribution in [2.24, 2.45) is 0 Å². The summed E-state index contributed by atoms with van der Waals surface area (Å²) in [6, 6.07) is 12.2. The van der Waals surface area contributed by atoms with Gasteiger partial charge in [-0.25, -0.2) is 4.79 Å². The van der Waals surface area contributed by atoms with E-state index in [-0.39, 0.29) is 6.54 Å². The molecule has 4 amide bonds. The first-order chi connectivity index (χ1) is 14.2. The molecule has 7 nitrogen and oxygen atoms in total. The number of urea groups is 1. The molecule has 0 saturated carbocycles. The summed E-state index contributed by atoms with van der Waals surface area (Å²) < 4.78 is 5.26. The van der Waals surface area contributed by atoms with Crippen LogP contribution in [-0.2, 0) is 15.1 Å². The molecule has 30 heavy (non-hydrogen) atoms. The maximum atomic E-state index is 13.0. The molecule has 7 heteroatoms. The average Bonchev–Trinajstić information content (AvgIpc) is 2.92. The van der Waals surface area contributed by atoms with Gasteiger partial charge in [0.05, 0.1) is 7.11 Å². The van der Waals surface area contributed by atoms with Gasteiger partial charge in [-0.05, 0) is 60.7 Å². The summed E-state index contributed by atoms with van der Waals surface area (Å²) in [6.45, 7) is 7.32. The van der Waals surface area contributed by atoms with Crippen LogP contribution in [0.3, 0.4) is 0 Å². The Labute approximate surface area is 176 Å². The molecule has 0 bridgehead atoms. The minimum atomic E-state index is -1.24. The van der Waals surface area contributed by atoms with Gasteiger partial charge >= 0.3 is 6.03 Å². The molecular formula is C23H27N3O4. The molecule has 1 unspecified atom stereocenters. The first-order valence-electron chi connectivity index (χ1n) is 9.84. The van der Waals surface area contributed by atoms with Crippen LogP contribution in [0.15, 0.2) is 42.5 Å². The number of carbonyl (C=O) groups excluding carboxylic acids is 3. The lowest BCUT2D eigenvalue weighted by molar-refractivity contribution is -0.133. The van der Waals surface area contributed by atoms with Gasteiger partial charge in [0.25, 0.3) is 5.91 Å². The number of methoxy groups -OCH3 is 1. The van der Waals surface area contributed by atoms with Gasteiger partial charge < -0.3 is 15.4 Å². The van der Waals surface area contributed by atoms with E-state index in [4.69, 9.17) is 4.74 Å². The normalized spacial score (nSPS) is 18.5. The lowest BCUT2D eigenvalue weighted by atomic mass is 9.90. The maximum absolute atomic E-state index is 13.0. The van der Waals surface area contributed by atoms with Gasteiger partial charge in [0.15, 0.2) is 0 Å². The number of hydrogen-bond donors (Lipinski definition) is 2. The maximum Gasteiger partial charge on any atom is 0.325 e. The van der Waals surface area contributed by atoms with Crippen LogP contribution in [-0.4, -0.2) is 36.4 Å². The minimum Gasteiger partial charge on any atom is -0.496 e. The molecule has 1 aliphatic rings. The van der Waals surface area contributed by atoms with Crippen molar-refractivity contribution in [1.82, 2.24) is 10.2 Å². The zero-order valence-corrected chi connectivity index (χ0v) is 17.9. The Bertz CT molecular complexity index is 984. The van der Waals surface area contributed by atoms with Crippen LogP contribution in [0.25, 0.3) is 0 Å². The van der Waals surface area contributed by atoms with Crippen molar-refractivity contribution >= 4 is 23.5 Å². The quantitative estimate of drug-likeness (QED) is 0.715. The third kappa shape index (κ3) is 4.01. The average molecular weight is 409 g/mol. The fourth-order valence-electron chi connectivity index (χ4n) is 3.52. The Hall–Kier alpha value is -3.35. The van der Waals surface area contributed by atoms with Crippen molar-refractivity contribution in [3.63, 3.8) is 0 Å². The first kappa shape index (κ1) is 21.4. The molecule has 1 heterocycles. The third-order valence-electron chi connectivity index (χ3n) is 5.41. The van der Waals surface area contributed by atoms with E-state index >= 15 is 0 Å². The van der Waals surface area contributed by atoms with Crippen molar-refractivity contribution in [2.75, 3.05) is 19.0 Å². The highest BCUT2D eigenvalue weighted by Crippen LogP contribution is 2.31. The van der Waals surface area contributed by atoms with Crippen LogP contribution in [0.4, 0.5) is 10.5 Å². The number of nitrogens with zero attached hydrogens (tertiary/aromatic N) is 1. The molecule has 1 atom stereocenters. The van der Waals surface area contributed by atoms with Crippen LogP contribution in [0.5, 0.6) is 5.75 Å². The number of ether oxygens (including phenoxy) is 1. The van der Waals surface area contributed by atoms with Gasteiger partial charge in [0.2, 0.25) is 5.91 Å².